The number of allylic oxidation sites excluding steroid dienone is 1. The number of thioether (sulfide) groups is 1. The zero-order chi connectivity index (χ0) is 19.0. The fourth-order valence-corrected chi connectivity index (χ4v) is 4.06. The predicted molar refractivity (Wildman–Crippen MR) is 112 cm³/mol. The molecule has 1 saturated heterocycles. The number of rotatable bonds is 4. The van der Waals surface area contributed by atoms with Crippen molar-refractivity contribution >= 4 is 57.2 Å². The number of aromatic nitrogens is 1. The van der Waals surface area contributed by atoms with Gasteiger partial charge in [0, 0.05) is 34.2 Å². The Morgan fingerprint density at radius 3 is 2.56 bits per heavy atom. The maximum absolute atomic E-state index is 12.8. The summed E-state index contributed by atoms with van der Waals surface area (Å²) in [7, 11) is 0. The van der Waals surface area contributed by atoms with Crippen LogP contribution in [0.25, 0.3) is 17.0 Å². The number of imide groups is 1. The number of para-hydroxylation sites is 1. The summed E-state index contributed by atoms with van der Waals surface area (Å²) >= 11 is 6.84. The van der Waals surface area contributed by atoms with Crippen LogP contribution in [0.5, 0.6) is 0 Å². The topological polar surface area (TPSA) is 42.3 Å². The van der Waals surface area contributed by atoms with E-state index in [1.54, 1.807) is 30.3 Å². The zero-order valence-electron chi connectivity index (χ0n) is 14.3. The number of carbonyl (C=O) groups excluding carboxylic acids is 2. The Bertz CT molecular complexity index is 1100. The summed E-state index contributed by atoms with van der Waals surface area (Å²) in [6.07, 6.45) is 5.58. The van der Waals surface area contributed by atoms with Crippen LogP contribution in [0.4, 0.5) is 10.5 Å². The monoisotopic (exact) mass is 394 g/mol. The molecule has 0 radical (unpaired) electrons. The normalized spacial score (nSPS) is 15.9. The Morgan fingerprint density at radius 2 is 1.81 bits per heavy atom. The van der Waals surface area contributed by atoms with Gasteiger partial charge >= 0.3 is 0 Å². The number of fused-ring (bicyclic) bond motifs is 1. The summed E-state index contributed by atoms with van der Waals surface area (Å²) in [6, 6.07) is 14.6. The lowest BCUT2D eigenvalue weighted by molar-refractivity contribution is -0.113. The molecular formula is C21H15ClN2O2S. The van der Waals surface area contributed by atoms with E-state index in [4.69, 9.17) is 11.6 Å². The summed E-state index contributed by atoms with van der Waals surface area (Å²) in [5, 5.41) is 1.26. The first kappa shape index (κ1) is 17.6. The maximum atomic E-state index is 12.8. The van der Waals surface area contributed by atoms with Crippen molar-refractivity contribution in [2.45, 2.75) is 6.54 Å². The molecule has 1 aliphatic heterocycles. The van der Waals surface area contributed by atoms with E-state index >= 15 is 0 Å². The number of carbonyl (C=O) groups is 2. The molecule has 2 heterocycles. The Labute approximate surface area is 165 Å². The molecule has 1 aliphatic rings. The van der Waals surface area contributed by atoms with Crippen molar-refractivity contribution in [3.63, 3.8) is 0 Å². The second-order valence-electron chi connectivity index (χ2n) is 6.04. The molecule has 2 aromatic carbocycles. The molecule has 0 bridgehead atoms. The van der Waals surface area contributed by atoms with Gasteiger partial charge in [0.1, 0.15) is 0 Å². The standard InChI is InChI=1S/C21H15ClN2O2S/c1-2-11-23-13-14(17-5-3-4-6-18(17)23)12-19-20(25)24(21(26)27-19)16-9-7-15(22)8-10-16/h2-10,12-13H,1,11H2/b19-12+. The van der Waals surface area contributed by atoms with Gasteiger partial charge in [-0.15, -0.1) is 6.58 Å². The molecule has 4 rings (SSSR count). The minimum atomic E-state index is -0.326. The average molecular weight is 395 g/mol. The molecule has 0 atom stereocenters. The Hall–Kier alpha value is -2.76. The molecule has 0 saturated carbocycles. The SMILES string of the molecule is C=CCn1cc(/C=C2/SC(=O)N(c3ccc(Cl)cc3)C2=O)c2ccccc21. The molecule has 2 amide bonds. The van der Waals surface area contributed by atoms with Crippen LogP contribution in [0.3, 0.4) is 0 Å². The number of hydrogen-bond donors (Lipinski definition) is 0. The van der Waals surface area contributed by atoms with Gasteiger partial charge < -0.3 is 4.57 Å². The molecule has 0 aliphatic carbocycles. The Balaban J connectivity index is 1.74. The zero-order valence-corrected chi connectivity index (χ0v) is 15.8. The molecule has 6 heteroatoms. The summed E-state index contributed by atoms with van der Waals surface area (Å²) in [6.45, 7) is 4.46. The molecule has 0 N–H and O–H groups in total. The third-order valence-electron chi connectivity index (χ3n) is 4.31. The van der Waals surface area contributed by atoms with Crippen molar-refractivity contribution in [2.24, 2.45) is 0 Å². The van der Waals surface area contributed by atoms with Gasteiger partial charge in [-0.25, -0.2) is 4.90 Å². The van der Waals surface area contributed by atoms with E-state index < -0.39 is 0 Å². The molecule has 3 aromatic rings. The van der Waals surface area contributed by atoms with Crippen LogP contribution < -0.4 is 4.90 Å². The highest BCUT2D eigenvalue weighted by molar-refractivity contribution is 8.19. The smallest absolute Gasteiger partial charge is 0.298 e. The van der Waals surface area contributed by atoms with Crippen LogP contribution in [0.15, 0.2) is 72.3 Å². The first-order chi connectivity index (χ1) is 13.1. The largest absolute Gasteiger partial charge is 0.343 e. The van der Waals surface area contributed by atoms with Crippen LogP contribution in [-0.4, -0.2) is 15.7 Å². The van der Waals surface area contributed by atoms with Crippen molar-refractivity contribution in [3.05, 3.63) is 82.9 Å². The lowest BCUT2D eigenvalue weighted by Crippen LogP contribution is -2.27. The lowest BCUT2D eigenvalue weighted by Gasteiger charge is -2.12. The first-order valence-electron chi connectivity index (χ1n) is 8.31. The number of nitrogens with zero attached hydrogens (tertiary/aromatic N) is 2. The maximum Gasteiger partial charge on any atom is 0.298 e. The van der Waals surface area contributed by atoms with Crippen LogP contribution in [0.2, 0.25) is 5.02 Å². The van der Waals surface area contributed by atoms with E-state index in [0.29, 0.717) is 22.2 Å². The van der Waals surface area contributed by atoms with Crippen molar-refractivity contribution < 1.29 is 9.59 Å². The fourth-order valence-electron chi connectivity index (χ4n) is 3.10. The second kappa shape index (κ2) is 7.10. The lowest BCUT2D eigenvalue weighted by atomic mass is 10.1. The highest BCUT2D eigenvalue weighted by Gasteiger charge is 2.36. The van der Waals surface area contributed by atoms with Gasteiger partial charge in [0.25, 0.3) is 11.1 Å². The van der Waals surface area contributed by atoms with Gasteiger partial charge in [0.05, 0.1) is 10.6 Å². The molecule has 1 fully saturated rings. The third-order valence-corrected chi connectivity index (χ3v) is 5.43. The summed E-state index contributed by atoms with van der Waals surface area (Å²) in [4.78, 5) is 26.8. The van der Waals surface area contributed by atoms with E-state index in [2.05, 4.69) is 11.1 Å². The molecular weight excluding hydrogens is 380 g/mol. The number of anilines is 1. The van der Waals surface area contributed by atoms with E-state index in [1.165, 1.54) is 4.90 Å². The van der Waals surface area contributed by atoms with E-state index in [-0.39, 0.29) is 11.1 Å². The highest BCUT2D eigenvalue weighted by atomic mass is 35.5. The van der Waals surface area contributed by atoms with Crippen molar-refractivity contribution in [1.29, 1.82) is 0 Å². The Morgan fingerprint density at radius 1 is 1.07 bits per heavy atom. The van der Waals surface area contributed by atoms with Crippen LogP contribution in [0.1, 0.15) is 5.56 Å². The molecule has 1 aromatic heterocycles. The number of halogens is 1. The highest BCUT2D eigenvalue weighted by Crippen LogP contribution is 2.37. The van der Waals surface area contributed by atoms with Gasteiger partial charge in [-0.2, -0.15) is 0 Å². The molecule has 134 valence electrons. The number of hydrogen-bond acceptors (Lipinski definition) is 3. The molecule has 4 nitrogen and oxygen atoms in total. The van der Waals surface area contributed by atoms with Gasteiger partial charge in [-0.1, -0.05) is 35.9 Å². The van der Waals surface area contributed by atoms with Crippen molar-refractivity contribution in [3.8, 4) is 0 Å². The van der Waals surface area contributed by atoms with Gasteiger partial charge in [-0.3, -0.25) is 9.59 Å². The van der Waals surface area contributed by atoms with Crippen molar-refractivity contribution in [1.82, 2.24) is 4.57 Å². The second-order valence-corrected chi connectivity index (χ2v) is 7.47. The number of amides is 2. The Kier molecular flexibility index (Phi) is 4.64. The quantitative estimate of drug-likeness (QED) is 0.419. The minimum absolute atomic E-state index is 0.316. The number of benzene rings is 2. The first-order valence-corrected chi connectivity index (χ1v) is 9.50. The van der Waals surface area contributed by atoms with Crippen molar-refractivity contribution in [2.75, 3.05) is 4.90 Å². The van der Waals surface area contributed by atoms with Gasteiger partial charge in [0.15, 0.2) is 0 Å². The van der Waals surface area contributed by atoms with Crippen LogP contribution in [-0.2, 0) is 11.3 Å². The van der Waals surface area contributed by atoms with E-state index in [9.17, 15) is 9.59 Å². The molecule has 0 spiro atoms. The third kappa shape index (κ3) is 3.20. The molecule has 0 unspecified atom stereocenters. The summed E-state index contributed by atoms with van der Waals surface area (Å²) in [5.41, 5.74) is 2.47. The fraction of sp³-hybridized carbons (Fsp3) is 0.0476. The van der Waals surface area contributed by atoms with Crippen LogP contribution in [0, 0.1) is 0 Å². The minimum Gasteiger partial charge on any atom is -0.343 e. The summed E-state index contributed by atoms with van der Waals surface area (Å²) in [5.74, 6) is -0.326. The average Bonchev–Trinajstić information content (AvgIpc) is 3.14. The molecule has 27 heavy (non-hydrogen) atoms. The summed E-state index contributed by atoms with van der Waals surface area (Å²) < 4.78 is 2.07. The van der Waals surface area contributed by atoms with E-state index in [1.807, 2.05) is 36.5 Å². The van der Waals surface area contributed by atoms with Gasteiger partial charge in [0.2, 0.25) is 0 Å². The van der Waals surface area contributed by atoms with Gasteiger partial charge in [-0.05, 0) is 48.2 Å². The van der Waals surface area contributed by atoms with E-state index in [0.717, 1.165) is 28.2 Å². The van der Waals surface area contributed by atoms with Crippen LogP contribution >= 0.6 is 23.4 Å². The predicted octanol–water partition coefficient (Wildman–Crippen LogP) is 5.72.